The molecule has 4 heterocycles. The van der Waals surface area contributed by atoms with Crippen molar-refractivity contribution in [3.05, 3.63) is 58.9 Å². The molecule has 0 radical (unpaired) electrons. The number of carbonyl (C=O) groups is 4. The minimum Gasteiger partial charge on any atom is -0.274 e. The lowest BCUT2D eigenvalue weighted by molar-refractivity contribution is 0.0577. The summed E-state index contributed by atoms with van der Waals surface area (Å²) in [5.74, 6) is -1.07. The second-order valence-electron chi connectivity index (χ2n) is 11.1. The smallest absolute Gasteiger partial charge is 0.262 e. The van der Waals surface area contributed by atoms with Crippen molar-refractivity contribution in [2.45, 2.75) is 27.7 Å². The summed E-state index contributed by atoms with van der Waals surface area (Å²) in [5, 5.41) is 4.02. The standard InChI is InChI=1S/C30H24N4O4/c1-13(2)11-33-27(35)17-7-5-15-23-21(17)19(29(33)37)9-31-25(23)16-6-8-18-22-20(10-32-26(15)24(16)22)30(38)34(28(18)36)12-14(3)4/h5-10,13-14H,11-12H2,1-4H3. The van der Waals surface area contributed by atoms with Crippen LogP contribution < -0.4 is 0 Å². The highest BCUT2D eigenvalue weighted by atomic mass is 16.2. The molecular formula is C30H24N4O4. The zero-order valence-electron chi connectivity index (χ0n) is 21.5. The summed E-state index contributed by atoms with van der Waals surface area (Å²) in [6.07, 6.45) is 3.09. The summed E-state index contributed by atoms with van der Waals surface area (Å²) in [4.78, 5) is 65.7. The van der Waals surface area contributed by atoms with E-state index in [1.54, 1.807) is 24.5 Å². The molecular weight excluding hydrogens is 480 g/mol. The van der Waals surface area contributed by atoms with Gasteiger partial charge < -0.3 is 0 Å². The van der Waals surface area contributed by atoms with E-state index in [2.05, 4.69) is 0 Å². The fraction of sp³-hybridized carbons (Fsp3) is 0.267. The number of nitrogens with zero attached hydrogens (tertiary/aromatic N) is 4. The number of rotatable bonds is 4. The molecule has 0 aliphatic carbocycles. The Kier molecular flexibility index (Phi) is 4.50. The lowest BCUT2D eigenvalue weighted by Gasteiger charge is -2.30. The van der Waals surface area contributed by atoms with E-state index in [0.717, 1.165) is 10.8 Å². The predicted molar refractivity (Wildman–Crippen MR) is 144 cm³/mol. The maximum Gasteiger partial charge on any atom is 0.262 e. The van der Waals surface area contributed by atoms with Crippen LogP contribution in [-0.2, 0) is 0 Å². The Balaban J connectivity index is 1.57. The number of amides is 4. The van der Waals surface area contributed by atoms with Gasteiger partial charge in [0.05, 0.1) is 22.2 Å². The van der Waals surface area contributed by atoms with Crippen LogP contribution in [0.2, 0.25) is 0 Å². The molecule has 2 aliphatic rings. The molecule has 188 valence electrons. The molecule has 4 amide bonds. The molecule has 8 nitrogen and oxygen atoms in total. The first-order valence-corrected chi connectivity index (χ1v) is 12.8. The zero-order valence-corrected chi connectivity index (χ0v) is 21.5. The first-order chi connectivity index (χ1) is 18.2. The van der Waals surface area contributed by atoms with E-state index < -0.39 is 0 Å². The summed E-state index contributed by atoms with van der Waals surface area (Å²) in [5.41, 5.74) is 2.94. The van der Waals surface area contributed by atoms with E-state index >= 15 is 0 Å². The molecule has 3 aromatic carbocycles. The normalized spacial score (nSPS) is 15.6. The first-order valence-electron chi connectivity index (χ1n) is 12.8. The van der Waals surface area contributed by atoms with Gasteiger partial charge in [-0.2, -0.15) is 0 Å². The van der Waals surface area contributed by atoms with Gasteiger partial charge in [0.15, 0.2) is 0 Å². The molecule has 8 heteroatoms. The highest BCUT2D eigenvalue weighted by Gasteiger charge is 2.37. The van der Waals surface area contributed by atoms with E-state index in [0.29, 0.717) is 67.9 Å². The van der Waals surface area contributed by atoms with Gasteiger partial charge in [-0.15, -0.1) is 0 Å². The highest BCUT2D eigenvalue weighted by Crippen LogP contribution is 2.44. The van der Waals surface area contributed by atoms with Crippen molar-refractivity contribution in [3.63, 3.8) is 0 Å². The number of carbonyl (C=O) groups excluding carboxylic acids is 4. The summed E-state index contributed by atoms with van der Waals surface area (Å²) in [7, 11) is 0. The molecule has 0 unspecified atom stereocenters. The van der Waals surface area contributed by atoms with Crippen LogP contribution in [0.4, 0.5) is 0 Å². The number of hydrogen-bond donors (Lipinski definition) is 0. The Bertz CT molecular complexity index is 1660. The van der Waals surface area contributed by atoms with E-state index in [1.165, 1.54) is 9.80 Å². The van der Waals surface area contributed by atoms with Crippen LogP contribution >= 0.6 is 0 Å². The number of hydrogen-bond acceptors (Lipinski definition) is 6. The van der Waals surface area contributed by atoms with Crippen LogP contribution in [0.25, 0.3) is 43.4 Å². The predicted octanol–water partition coefficient (Wildman–Crippen LogP) is 5.03. The SMILES string of the molecule is CC(C)CN1C(=O)c2ccc3c4ncc5c6c(ccc(c7ncc(c2c37)C1=O)c64)C(=O)N(CC(C)C)C5=O. The lowest BCUT2D eigenvalue weighted by atomic mass is 9.86. The second-order valence-corrected chi connectivity index (χ2v) is 11.1. The molecule has 0 N–H and O–H groups in total. The third-order valence-corrected chi connectivity index (χ3v) is 7.58. The molecule has 0 fully saturated rings. The maximum absolute atomic E-state index is 13.4. The minimum atomic E-state index is -0.349. The molecule has 0 bridgehead atoms. The summed E-state index contributed by atoms with van der Waals surface area (Å²) < 4.78 is 0. The Labute approximate surface area is 217 Å². The minimum absolute atomic E-state index is 0.128. The number of benzene rings is 3. The Morgan fingerprint density at radius 1 is 0.553 bits per heavy atom. The third-order valence-electron chi connectivity index (χ3n) is 7.58. The monoisotopic (exact) mass is 504 g/mol. The number of pyridine rings is 2. The molecule has 0 atom stereocenters. The quantitative estimate of drug-likeness (QED) is 0.193. The van der Waals surface area contributed by atoms with Gasteiger partial charge in [0.1, 0.15) is 0 Å². The van der Waals surface area contributed by atoms with Crippen LogP contribution in [0.3, 0.4) is 0 Å². The van der Waals surface area contributed by atoms with Gasteiger partial charge in [-0.25, -0.2) is 0 Å². The highest BCUT2D eigenvalue weighted by molar-refractivity contribution is 6.39. The number of imide groups is 2. The summed E-state index contributed by atoms with van der Waals surface area (Å²) in [6, 6.07) is 7.17. The molecule has 2 aliphatic heterocycles. The fourth-order valence-electron chi connectivity index (χ4n) is 6.09. The molecule has 38 heavy (non-hydrogen) atoms. The number of fused-ring (bicyclic) bond motifs is 2. The van der Waals surface area contributed by atoms with Crippen LogP contribution in [0.1, 0.15) is 69.1 Å². The van der Waals surface area contributed by atoms with Crippen LogP contribution in [-0.4, -0.2) is 56.5 Å². The number of aromatic nitrogens is 2. The van der Waals surface area contributed by atoms with E-state index in [1.807, 2.05) is 39.8 Å². The Morgan fingerprint density at radius 2 is 0.921 bits per heavy atom. The van der Waals surface area contributed by atoms with Crippen molar-refractivity contribution in [1.82, 2.24) is 19.8 Å². The molecule has 7 rings (SSSR count). The van der Waals surface area contributed by atoms with E-state index in [4.69, 9.17) is 9.97 Å². The van der Waals surface area contributed by atoms with Gasteiger partial charge in [0.25, 0.3) is 23.6 Å². The van der Waals surface area contributed by atoms with E-state index in [9.17, 15) is 19.2 Å². The van der Waals surface area contributed by atoms with Crippen LogP contribution in [0.5, 0.6) is 0 Å². The van der Waals surface area contributed by atoms with Gasteiger partial charge in [0.2, 0.25) is 0 Å². The fourth-order valence-corrected chi connectivity index (χ4v) is 6.09. The van der Waals surface area contributed by atoms with Crippen LogP contribution in [0.15, 0.2) is 36.7 Å². The van der Waals surface area contributed by atoms with Crippen molar-refractivity contribution in [2.24, 2.45) is 11.8 Å². The first kappa shape index (κ1) is 22.7. The van der Waals surface area contributed by atoms with Crippen molar-refractivity contribution in [1.29, 1.82) is 0 Å². The molecule has 0 saturated carbocycles. The largest absolute Gasteiger partial charge is 0.274 e. The average Bonchev–Trinajstić information content (AvgIpc) is 2.89. The second kappa shape index (κ2) is 7.54. The molecule has 2 aromatic heterocycles. The van der Waals surface area contributed by atoms with Crippen molar-refractivity contribution >= 4 is 67.0 Å². The molecule has 0 spiro atoms. The summed E-state index contributed by atoms with van der Waals surface area (Å²) in [6.45, 7) is 8.51. The van der Waals surface area contributed by atoms with Crippen molar-refractivity contribution < 1.29 is 19.2 Å². The van der Waals surface area contributed by atoms with E-state index in [-0.39, 0.29) is 35.5 Å². The van der Waals surface area contributed by atoms with Gasteiger partial charge in [-0.1, -0.05) is 39.8 Å². The zero-order chi connectivity index (χ0) is 26.6. The van der Waals surface area contributed by atoms with Crippen LogP contribution in [0, 0.1) is 11.8 Å². The van der Waals surface area contributed by atoms with Gasteiger partial charge in [0, 0.05) is 68.9 Å². The topological polar surface area (TPSA) is 101 Å². The molecule has 5 aromatic rings. The van der Waals surface area contributed by atoms with Crippen molar-refractivity contribution in [3.8, 4) is 0 Å². The van der Waals surface area contributed by atoms with Gasteiger partial charge in [-0.05, 0) is 24.0 Å². The lowest BCUT2D eigenvalue weighted by Crippen LogP contribution is -2.42. The third kappa shape index (κ3) is 2.74. The molecule has 0 saturated heterocycles. The van der Waals surface area contributed by atoms with Gasteiger partial charge >= 0.3 is 0 Å². The average molecular weight is 505 g/mol. The van der Waals surface area contributed by atoms with Gasteiger partial charge in [-0.3, -0.25) is 38.9 Å². The Morgan fingerprint density at radius 3 is 1.29 bits per heavy atom. The maximum atomic E-state index is 13.4. The Hall–Kier alpha value is -4.46. The summed E-state index contributed by atoms with van der Waals surface area (Å²) >= 11 is 0. The van der Waals surface area contributed by atoms with Crippen molar-refractivity contribution in [2.75, 3.05) is 13.1 Å².